The van der Waals surface area contributed by atoms with Crippen LogP contribution < -0.4 is 5.32 Å². The number of hydrogen-bond donors (Lipinski definition) is 2. The van der Waals surface area contributed by atoms with Gasteiger partial charge in [0.2, 0.25) is 0 Å². The van der Waals surface area contributed by atoms with E-state index in [9.17, 15) is 9.59 Å². The number of ether oxygens (including phenoxy) is 2. The third kappa shape index (κ3) is 6.84. The van der Waals surface area contributed by atoms with Crippen molar-refractivity contribution in [1.82, 2.24) is 4.98 Å². The molecule has 0 aliphatic heterocycles. The quantitative estimate of drug-likeness (QED) is 0.662. The van der Waals surface area contributed by atoms with Crippen molar-refractivity contribution in [2.45, 2.75) is 32.6 Å². The number of carboxylic acid groups (broad SMARTS) is 1. The van der Waals surface area contributed by atoms with Crippen LogP contribution in [0, 0.1) is 18.8 Å². The van der Waals surface area contributed by atoms with Crippen LogP contribution in [0.15, 0.2) is 42.7 Å². The highest BCUT2D eigenvalue weighted by Crippen LogP contribution is 2.29. The number of nitrogens with zero attached hydrogens (tertiary/aromatic N) is 1. The molecule has 1 aliphatic carbocycles. The zero-order valence-corrected chi connectivity index (χ0v) is 17.2. The number of pyridine rings is 1. The Morgan fingerprint density at radius 2 is 1.70 bits per heavy atom. The largest absolute Gasteiger partial charge is 0.480 e. The summed E-state index contributed by atoms with van der Waals surface area (Å²) in [5.41, 5.74) is 3.85. The van der Waals surface area contributed by atoms with E-state index in [0.29, 0.717) is 30.7 Å². The SMILES string of the molecule is Cc1cncc(-c2ccc(NC(=O)OCC3CCC(COCC(=O)O)CC3)cc2)c1. The second kappa shape index (κ2) is 10.7. The van der Waals surface area contributed by atoms with Crippen LogP contribution in [0.4, 0.5) is 10.5 Å². The average Bonchev–Trinajstić information content (AvgIpc) is 2.73. The maximum Gasteiger partial charge on any atom is 0.411 e. The van der Waals surface area contributed by atoms with Crippen molar-refractivity contribution in [2.24, 2.45) is 11.8 Å². The number of aromatic nitrogens is 1. The average molecular weight is 412 g/mol. The number of hydrogen-bond acceptors (Lipinski definition) is 5. The highest BCUT2D eigenvalue weighted by Gasteiger charge is 2.22. The van der Waals surface area contributed by atoms with E-state index in [2.05, 4.69) is 16.4 Å². The minimum absolute atomic E-state index is 0.244. The molecule has 7 nitrogen and oxygen atoms in total. The van der Waals surface area contributed by atoms with Crippen molar-refractivity contribution < 1.29 is 24.2 Å². The topological polar surface area (TPSA) is 97.8 Å². The lowest BCUT2D eigenvalue weighted by molar-refractivity contribution is -0.142. The van der Waals surface area contributed by atoms with Gasteiger partial charge in [-0.3, -0.25) is 10.3 Å². The van der Waals surface area contributed by atoms with Gasteiger partial charge in [0.05, 0.1) is 13.2 Å². The summed E-state index contributed by atoms with van der Waals surface area (Å²) >= 11 is 0. The first-order valence-corrected chi connectivity index (χ1v) is 10.2. The zero-order valence-electron chi connectivity index (χ0n) is 17.2. The molecule has 0 bridgehead atoms. The summed E-state index contributed by atoms with van der Waals surface area (Å²) in [7, 11) is 0. The lowest BCUT2D eigenvalue weighted by Gasteiger charge is -2.27. The van der Waals surface area contributed by atoms with E-state index in [4.69, 9.17) is 14.6 Å². The molecule has 0 atom stereocenters. The first-order chi connectivity index (χ1) is 14.5. The molecule has 1 amide bonds. The molecule has 30 heavy (non-hydrogen) atoms. The highest BCUT2D eigenvalue weighted by molar-refractivity contribution is 5.85. The molecule has 1 saturated carbocycles. The van der Waals surface area contributed by atoms with Crippen LogP contribution in [-0.4, -0.2) is 42.0 Å². The van der Waals surface area contributed by atoms with Crippen LogP contribution in [0.2, 0.25) is 0 Å². The van der Waals surface area contributed by atoms with Gasteiger partial charge in [-0.15, -0.1) is 0 Å². The summed E-state index contributed by atoms with van der Waals surface area (Å²) in [5.74, 6) is -0.218. The summed E-state index contributed by atoms with van der Waals surface area (Å²) in [4.78, 5) is 26.8. The molecule has 0 radical (unpaired) electrons. The fourth-order valence-corrected chi connectivity index (χ4v) is 3.68. The molecule has 2 aromatic rings. The van der Waals surface area contributed by atoms with Gasteiger partial charge in [0.25, 0.3) is 0 Å². The first kappa shape index (κ1) is 21.8. The van der Waals surface area contributed by atoms with Crippen molar-refractivity contribution >= 4 is 17.7 Å². The van der Waals surface area contributed by atoms with E-state index in [0.717, 1.165) is 42.4 Å². The highest BCUT2D eigenvalue weighted by atomic mass is 16.5. The molecule has 1 fully saturated rings. The second-order valence-electron chi connectivity index (χ2n) is 7.85. The van der Waals surface area contributed by atoms with Crippen LogP contribution >= 0.6 is 0 Å². The van der Waals surface area contributed by atoms with Gasteiger partial charge in [0.15, 0.2) is 0 Å². The summed E-state index contributed by atoms with van der Waals surface area (Å²) < 4.78 is 10.6. The fraction of sp³-hybridized carbons (Fsp3) is 0.435. The number of carboxylic acids is 1. The molecule has 1 aliphatic rings. The van der Waals surface area contributed by atoms with E-state index in [-0.39, 0.29) is 6.61 Å². The Bertz CT molecular complexity index is 845. The van der Waals surface area contributed by atoms with E-state index >= 15 is 0 Å². The Kier molecular flexibility index (Phi) is 7.79. The molecule has 0 saturated heterocycles. The number of carbonyl (C=O) groups excluding carboxylic acids is 1. The van der Waals surface area contributed by atoms with E-state index in [1.54, 1.807) is 0 Å². The summed E-state index contributed by atoms with van der Waals surface area (Å²) in [6.45, 7) is 2.63. The van der Waals surface area contributed by atoms with Gasteiger partial charge in [-0.05, 0) is 73.8 Å². The predicted octanol–water partition coefficient (Wildman–Crippen LogP) is 4.51. The Hall–Kier alpha value is -2.93. The van der Waals surface area contributed by atoms with Gasteiger partial charge in [-0.1, -0.05) is 12.1 Å². The Labute approximate surface area is 176 Å². The Morgan fingerprint density at radius 3 is 2.33 bits per heavy atom. The smallest absolute Gasteiger partial charge is 0.411 e. The fourth-order valence-electron chi connectivity index (χ4n) is 3.68. The maximum absolute atomic E-state index is 12.1. The number of benzene rings is 1. The van der Waals surface area contributed by atoms with Crippen molar-refractivity contribution in [3.05, 3.63) is 48.3 Å². The third-order valence-electron chi connectivity index (χ3n) is 5.34. The number of aryl methyl sites for hydroxylation is 1. The number of anilines is 1. The molecule has 7 heteroatoms. The van der Waals surface area contributed by atoms with E-state index in [1.165, 1.54) is 0 Å². The minimum atomic E-state index is -0.940. The van der Waals surface area contributed by atoms with E-state index in [1.807, 2.05) is 43.6 Å². The number of rotatable bonds is 8. The molecular weight excluding hydrogens is 384 g/mol. The summed E-state index contributed by atoms with van der Waals surface area (Å²) in [6.07, 6.45) is 7.01. The standard InChI is InChI=1S/C23H28N2O5/c1-16-10-20(12-24-11-16)19-6-8-21(9-7-19)25-23(28)30-14-18-4-2-17(3-5-18)13-29-15-22(26)27/h6-12,17-18H,2-5,13-15H2,1H3,(H,25,28)(H,26,27). The van der Waals surface area contributed by atoms with Gasteiger partial charge in [-0.25, -0.2) is 9.59 Å². The van der Waals surface area contributed by atoms with E-state index < -0.39 is 12.1 Å². The van der Waals surface area contributed by atoms with Crippen LogP contribution in [0.3, 0.4) is 0 Å². The second-order valence-corrected chi connectivity index (χ2v) is 7.85. The molecule has 2 N–H and O–H groups in total. The summed E-state index contributed by atoms with van der Waals surface area (Å²) in [6, 6.07) is 9.65. The van der Waals surface area contributed by atoms with Gasteiger partial charge in [0, 0.05) is 23.6 Å². The number of nitrogens with one attached hydrogen (secondary N) is 1. The molecule has 3 rings (SSSR count). The lowest BCUT2D eigenvalue weighted by Crippen LogP contribution is -2.25. The van der Waals surface area contributed by atoms with Crippen molar-refractivity contribution in [3.8, 4) is 11.1 Å². The van der Waals surface area contributed by atoms with Gasteiger partial charge in [0.1, 0.15) is 6.61 Å². The molecule has 1 heterocycles. The predicted molar refractivity (Wildman–Crippen MR) is 113 cm³/mol. The van der Waals surface area contributed by atoms with Crippen LogP contribution in [0.1, 0.15) is 31.2 Å². The molecule has 160 valence electrons. The van der Waals surface area contributed by atoms with Crippen LogP contribution in [0.5, 0.6) is 0 Å². The maximum atomic E-state index is 12.1. The minimum Gasteiger partial charge on any atom is -0.480 e. The molecule has 0 unspecified atom stereocenters. The monoisotopic (exact) mass is 412 g/mol. The van der Waals surface area contributed by atoms with Crippen LogP contribution in [-0.2, 0) is 14.3 Å². The van der Waals surface area contributed by atoms with Gasteiger partial charge in [-0.2, -0.15) is 0 Å². The number of carbonyl (C=O) groups is 2. The summed E-state index contributed by atoms with van der Waals surface area (Å²) in [5, 5.41) is 11.4. The van der Waals surface area contributed by atoms with Gasteiger partial charge >= 0.3 is 12.1 Å². The van der Waals surface area contributed by atoms with Crippen molar-refractivity contribution in [3.63, 3.8) is 0 Å². The normalized spacial score (nSPS) is 18.6. The van der Waals surface area contributed by atoms with Crippen LogP contribution in [0.25, 0.3) is 11.1 Å². The van der Waals surface area contributed by atoms with Crippen molar-refractivity contribution in [2.75, 3.05) is 25.1 Å². The Morgan fingerprint density at radius 1 is 1.03 bits per heavy atom. The molecular formula is C23H28N2O5. The lowest BCUT2D eigenvalue weighted by atomic mass is 9.83. The number of aliphatic carboxylic acids is 1. The first-order valence-electron chi connectivity index (χ1n) is 10.2. The molecule has 0 spiro atoms. The molecule has 1 aromatic heterocycles. The zero-order chi connectivity index (χ0) is 21.3. The van der Waals surface area contributed by atoms with Crippen molar-refractivity contribution in [1.29, 1.82) is 0 Å². The van der Waals surface area contributed by atoms with Gasteiger partial charge < -0.3 is 14.6 Å². The molecule has 1 aromatic carbocycles. The third-order valence-corrected chi connectivity index (χ3v) is 5.34. The Balaban J connectivity index is 1.37. The number of amides is 1.